The van der Waals surface area contributed by atoms with Crippen molar-refractivity contribution in [3.8, 4) is 5.69 Å². The maximum absolute atomic E-state index is 11.2. The molecule has 0 spiro atoms. The molecule has 0 radical (unpaired) electrons. The molecule has 2 aromatic rings. The van der Waals surface area contributed by atoms with Crippen LogP contribution in [0.5, 0.6) is 0 Å². The normalized spacial score (nSPS) is 10.6. The average Bonchev–Trinajstić information content (AvgIpc) is 2.50. The summed E-state index contributed by atoms with van der Waals surface area (Å²) in [5.41, 5.74) is -0.275. The van der Waals surface area contributed by atoms with Crippen LogP contribution in [0.4, 0.5) is 0 Å². The van der Waals surface area contributed by atoms with Crippen molar-refractivity contribution < 1.29 is 0 Å². The van der Waals surface area contributed by atoms with Gasteiger partial charge in [0.25, 0.3) is 0 Å². The summed E-state index contributed by atoms with van der Waals surface area (Å²) >= 11 is 17.5. The first kappa shape index (κ1) is 10.5. The van der Waals surface area contributed by atoms with Gasteiger partial charge in [0.1, 0.15) is 5.69 Å². The van der Waals surface area contributed by atoms with Crippen LogP contribution in [0.15, 0.2) is 16.9 Å². The minimum atomic E-state index is -0.527. The van der Waals surface area contributed by atoms with Crippen LogP contribution < -0.4 is 5.69 Å². The van der Waals surface area contributed by atoms with Crippen molar-refractivity contribution in [2.75, 3.05) is 0 Å². The molecule has 1 N–H and O–H groups in total. The molecule has 0 saturated carbocycles. The highest BCUT2D eigenvalue weighted by molar-refractivity contribution is 6.40. The molecule has 0 aliphatic heterocycles. The standard InChI is InChI=1S/C7H3Cl3N4O/c8-3-1-4(9)6(5(10)2-3)14-7(15)11-12-13-14/h1-2H,(H,11,13,15). The van der Waals surface area contributed by atoms with Gasteiger partial charge >= 0.3 is 5.69 Å². The molecule has 1 aromatic carbocycles. The van der Waals surface area contributed by atoms with E-state index in [0.717, 1.165) is 4.68 Å². The fraction of sp³-hybridized carbons (Fsp3) is 0. The summed E-state index contributed by atoms with van der Waals surface area (Å²) in [5.74, 6) is 0. The van der Waals surface area contributed by atoms with Crippen molar-refractivity contribution in [3.63, 3.8) is 0 Å². The van der Waals surface area contributed by atoms with Crippen molar-refractivity contribution in [1.29, 1.82) is 0 Å². The summed E-state index contributed by atoms with van der Waals surface area (Å²) in [6.45, 7) is 0. The average molecular weight is 265 g/mol. The Morgan fingerprint density at radius 1 is 1.20 bits per heavy atom. The number of nitrogens with one attached hydrogen (secondary N) is 1. The van der Waals surface area contributed by atoms with Crippen LogP contribution >= 0.6 is 34.8 Å². The third-order valence-corrected chi connectivity index (χ3v) is 2.46. The van der Waals surface area contributed by atoms with Crippen molar-refractivity contribution in [2.24, 2.45) is 0 Å². The van der Waals surface area contributed by atoms with Gasteiger partial charge in [-0.1, -0.05) is 34.8 Å². The molecule has 1 heterocycles. The largest absolute Gasteiger partial charge is 0.365 e. The molecule has 15 heavy (non-hydrogen) atoms. The zero-order valence-corrected chi connectivity index (χ0v) is 9.31. The molecule has 0 aliphatic carbocycles. The Morgan fingerprint density at radius 3 is 2.27 bits per heavy atom. The Bertz CT molecular complexity index is 538. The summed E-state index contributed by atoms with van der Waals surface area (Å²) < 4.78 is 0.959. The Balaban J connectivity index is 2.74. The fourth-order valence-electron chi connectivity index (χ4n) is 1.08. The van der Waals surface area contributed by atoms with Gasteiger partial charge in [0.05, 0.1) is 10.0 Å². The van der Waals surface area contributed by atoms with E-state index in [4.69, 9.17) is 34.8 Å². The van der Waals surface area contributed by atoms with Crippen molar-refractivity contribution in [2.45, 2.75) is 0 Å². The predicted octanol–water partition coefficient (Wildman–Crippen LogP) is 1.92. The number of nitrogens with zero attached hydrogens (tertiary/aromatic N) is 3. The molecule has 0 saturated heterocycles. The highest BCUT2D eigenvalue weighted by Crippen LogP contribution is 2.30. The second kappa shape index (κ2) is 3.84. The van der Waals surface area contributed by atoms with E-state index in [1.165, 1.54) is 12.1 Å². The first-order chi connectivity index (χ1) is 7.09. The lowest BCUT2D eigenvalue weighted by atomic mass is 10.3. The molecule has 0 unspecified atom stereocenters. The number of hydrogen-bond donors (Lipinski definition) is 1. The lowest BCUT2D eigenvalue weighted by Gasteiger charge is -2.04. The van der Waals surface area contributed by atoms with Gasteiger partial charge in [0, 0.05) is 5.02 Å². The van der Waals surface area contributed by atoms with Crippen LogP contribution in [0.3, 0.4) is 0 Å². The third-order valence-electron chi connectivity index (χ3n) is 1.67. The van der Waals surface area contributed by atoms with Gasteiger partial charge in [-0.25, -0.2) is 9.89 Å². The predicted molar refractivity (Wildman–Crippen MR) is 57.0 cm³/mol. The number of halogens is 3. The number of aromatic nitrogens is 4. The van der Waals surface area contributed by atoms with Crippen LogP contribution in [-0.2, 0) is 0 Å². The number of H-pyrrole nitrogens is 1. The number of benzene rings is 1. The lowest BCUT2D eigenvalue weighted by Crippen LogP contribution is -2.16. The molecule has 8 heteroatoms. The van der Waals surface area contributed by atoms with Crippen molar-refractivity contribution in [3.05, 3.63) is 37.7 Å². The molecule has 0 amide bonds. The zero-order valence-electron chi connectivity index (χ0n) is 7.04. The van der Waals surface area contributed by atoms with Crippen LogP contribution in [0.25, 0.3) is 5.69 Å². The maximum Gasteiger partial charge on any atom is 0.365 e. The summed E-state index contributed by atoms with van der Waals surface area (Å²) in [6, 6.07) is 2.93. The second-order valence-corrected chi connectivity index (χ2v) is 3.89. The van der Waals surface area contributed by atoms with E-state index in [0.29, 0.717) is 5.02 Å². The van der Waals surface area contributed by atoms with Gasteiger partial charge in [0.15, 0.2) is 0 Å². The SMILES string of the molecule is O=c1[nH]nnn1-c1c(Cl)cc(Cl)cc1Cl. The van der Waals surface area contributed by atoms with Crippen LogP contribution in [0.1, 0.15) is 0 Å². The molecule has 2 rings (SSSR count). The summed E-state index contributed by atoms with van der Waals surface area (Å²) in [5, 5.41) is 9.81. The molecular formula is C7H3Cl3N4O. The number of hydrogen-bond acceptors (Lipinski definition) is 3. The van der Waals surface area contributed by atoms with Gasteiger partial charge in [-0.3, -0.25) is 0 Å². The van der Waals surface area contributed by atoms with E-state index >= 15 is 0 Å². The van der Waals surface area contributed by atoms with Crippen LogP contribution in [0, 0.1) is 0 Å². The first-order valence-electron chi connectivity index (χ1n) is 3.75. The Morgan fingerprint density at radius 2 is 1.80 bits per heavy atom. The quantitative estimate of drug-likeness (QED) is 0.857. The molecule has 0 aliphatic rings. The monoisotopic (exact) mass is 264 g/mol. The van der Waals surface area contributed by atoms with E-state index < -0.39 is 5.69 Å². The molecule has 5 nitrogen and oxygen atoms in total. The minimum absolute atomic E-state index is 0.225. The Hall–Kier alpha value is -1.04. The molecule has 0 bridgehead atoms. The number of aromatic amines is 1. The van der Waals surface area contributed by atoms with Crippen LogP contribution in [0.2, 0.25) is 15.1 Å². The van der Waals surface area contributed by atoms with Crippen LogP contribution in [-0.4, -0.2) is 20.2 Å². The van der Waals surface area contributed by atoms with Gasteiger partial charge in [-0.2, -0.15) is 4.68 Å². The second-order valence-electron chi connectivity index (χ2n) is 2.64. The molecule has 0 atom stereocenters. The van der Waals surface area contributed by atoms with Crippen molar-refractivity contribution >= 4 is 34.8 Å². The minimum Gasteiger partial charge on any atom is -0.244 e. The number of tetrazole rings is 1. The fourth-order valence-corrected chi connectivity index (χ4v) is 2.06. The highest BCUT2D eigenvalue weighted by Gasteiger charge is 2.13. The van der Waals surface area contributed by atoms with Gasteiger partial charge in [0.2, 0.25) is 0 Å². The van der Waals surface area contributed by atoms with E-state index in [1.54, 1.807) is 0 Å². The molecule has 1 aromatic heterocycles. The zero-order chi connectivity index (χ0) is 11.0. The Kier molecular flexibility index (Phi) is 2.68. The van der Waals surface area contributed by atoms with E-state index in [2.05, 4.69) is 15.5 Å². The smallest absolute Gasteiger partial charge is 0.244 e. The Labute approximate surface area is 98.5 Å². The van der Waals surface area contributed by atoms with Gasteiger partial charge < -0.3 is 0 Å². The lowest BCUT2D eigenvalue weighted by molar-refractivity contribution is 0.780. The highest BCUT2D eigenvalue weighted by atomic mass is 35.5. The molecule has 0 fully saturated rings. The summed E-state index contributed by atoms with van der Waals surface area (Å²) in [4.78, 5) is 11.2. The third kappa shape index (κ3) is 1.86. The maximum atomic E-state index is 11.2. The summed E-state index contributed by atoms with van der Waals surface area (Å²) in [6.07, 6.45) is 0. The van der Waals surface area contributed by atoms with E-state index in [9.17, 15) is 4.79 Å². The molecule has 78 valence electrons. The van der Waals surface area contributed by atoms with E-state index in [1.807, 2.05) is 0 Å². The topological polar surface area (TPSA) is 63.6 Å². The number of rotatable bonds is 1. The van der Waals surface area contributed by atoms with Gasteiger partial charge in [-0.15, -0.1) is 0 Å². The van der Waals surface area contributed by atoms with Crippen molar-refractivity contribution in [1.82, 2.24) is 20.2 Å². The summed E-state index contributed by atoms with van der Waals surface area (Å²) in [7, 11) is 0. The first-order valence-corrected chi connectivity index (χ1v) is 4.88. The van der Waals surface area contributed by atoms with Gasteiger partial charge in [-0.05, 0) is 22.6 Å². The molecular weight excluding hydrogens is 262 g/mol. The van der Waals surface area contributed by atoms with E-state index in [-0.39, 0.29) is 15.7 Å².